The lowest BCUT2D eigenvalue weighted by Gasteiger charge is -2.24. The molecule has 3 aromatic rings. The molecule has 0 saturated heterocycles. The summed E-state index contributed by atoms with van der Waals surface area (Å²) in [4.78, 5) is 21.8. The first-order valence-electron chi connectivity index (χ1n) is 8.71. The van der Waals surface area contributed by atoms with Crippen LogP contribution in [0.25, 0.3) is 5.78 Å². The summed E-state index contributed by atoms with van der Waals surface area (Å²) < 4.78 is 17.9. The number of carbonyl (C=O) groups excluding carboxylic acids is 1. The van der Waals surface area contributed by atoms with Crippen LogP contribution in [0, 0.1) is 0 Å². The van der Waals surface area contributed by atoms with Crippen LogP contribution in [0.3, 0.4) is 0 Å². The molecule has 2 heterocycles. The Morgan fingerprint density at radius 1 is 1.07 bits per heavy atom. The lowest BCUT2D eigenvalue weighted by Crippen LogP contribution is -2.21. The first-order valence-corrected chi connectivity index (χ1v) is 9.93. The summed E-state index contributed by atoms with van der Waals surface area (Å²) in [6.07, 6.45) is 4.64. The van der Waals surface area contributed by atoms with Crippen molar-refractivity contribution in [3.05, 3.63) is 35.2 Å². The van der Waals surface area contributed by atoms with Crippen molar-refractivity contribution in [2.45, 2.75) is 23.9 Å². The average Bonchev–Trinajstić information content (AvgIpc) is 3.13. The summed E-state index contributed by atoms with van der Waals surface area (Å²) in [6.45, 7) is 0. The molecule has 4 rings (SSSR count). The van der Waals surface area contributed by atoms with Crippen molar-refractivity contribution in [2.75, 3.05) is 27.6 Å². The number of aromatic nitrogens is 4. The minimum Gasteiger partial charge on any atom is -0.493 e. The van der Waals surface area contributed by atoms with Gasteiger partial charge >= 0.3 is 0 Å². The highest BCUT2D eigenvalue weighted by Crippen LogP contribution is 2.42. The van der Waals surface area contributed by atoms with Crippen LogP contribution in [-0.4, -0.2) is 53.0 Å². The molecule has 0 radical (unpaired) electrons. The predicted molar refractivity (Wildman–Crippen MR) is 104 cm³/mol. The van der Waals surface area contributed by atoms with Crippen LogP contribution in [0.2, 0.25) is 0 Å². The number of ether oxygens (including phenoxy) is 3. The Morgan fingerprint density at radius 3 is 2.39 bits per heavy atom. The smallest absolute Gasteiger partial charge is 0.253 e. The summed E-state index contributed by atoms with van der Waals surface area (Å²) in [5.41, 5.74) is 2.29. The standard InChI is InChI=1S/C19H20N4O4S/c1-25-15-7-11(8-16(26-2)17(15)27-3)10-5-13-12(14(24)6-10)9-23-18(20-13)21-19(22-23)28-4/h7-10H,5-6H2,1-4H3/t10-/m0/s1. The number of rotatable bonds is 5. The van der Waals surface area contributed by atoms with E-state index in [-0.39, 0.29) is 11.7 Å². The number of thioether (sulfide) groups is 1. The highest BCUT2D eigenvalue weighted by molar-refractivity contribution is 7.98. The maximum absolute atomic E-state index is 12.8. The largest absolute Gasteiger partial charge is 0.493 e. The lowest BCUT2D eigenvalue weighted by molar-refractivity contribution is 0.0962. The third-order valence-electron chi connectivity index (χ3n) is 4.90. The van der Waals surface area contributed by atoms with E-state index < -0.39 is 0 Å². The van der Waals surface area contributed by atoms with Gasteiger partial charge in [0.25, 0.3) is 5.78 Å². The Labute approximate surface area is 166 Å². The number of Topliss-reactive ketones (excluding diaryl/α,β-unsaturated/α-hetero) is 1. The average molecular weight is 400 g/mol. The second kappa shape index (κ2) is 7.31. The Hall–Kier alpha value is -2.81. The maximum atomic E-state index is 12.8. The Balaban J connectivity index is 1.75. The van der Waals surface area contributed by atoms with Crippen molar-refractivity contribution in [3.63, 3.8) is 0 Å². The molecule has 1 aromatic carbocycles. The first-order chi connectivity index (χ1) is 13.6. The van der Waals surface area contributed by atoms with E-state index in [0.29, 0.717) is 46.6 Å². The molecule has 0 N–H and O–H groups in total. The Morgan fingerprint density at radius 2 is 1.79 bits per heavy atom. The zero-order chi connectivity index (χ0) is 19.8. The molecule has 1 aliphatic rings. The van der Waals surface area contributed by atoms with Gasteiger partial charge < -0.3 is 14.2 Å². The topological polar surface area (TPSA) is 87.8 Å². The van der Waals surface area contributed by atoms with Gasteiger partial charge in [0.15, 0.2) is 17.3 Å². The van der Waals surface area contributed by atoms with Crippen molar-refractivity contribution >= 4 is 23.3 Å². The van der Waals surface area contributed by atoms with Crippen molar-refractivity contribution < 1.29 is 19.0 Å². The number of methoxy groups -OCH3 is 3. The molecule has 1 aliphatic carbocycles. The van der Waals surface area contributed by atoms with Crippen LogP contribution >= 0.6 is 11.8 Å². The molecule has 146 valence electrons. The minimum atomic E-state index is -0.0356. The summed E-state index contributed by atoms with van der Waals surface area (Å²) in [6, 6.07) is 3.79. The van der Waals surface area contributed by atoms with E-state index in [2.05, 4.69) is 15.1 Å². The molecule has 0 amide bonds. The van der Waals surface area contributed by atoms with Gasteiger partial charge in [-0.25, -0.2) is 9.50 Å². The van der Waals surface area contributed by atoms with Gasteiger partial charge in [0.2, 0.25) is 10.9 Å². The molecule has 2 aromatic heterocycles. The molecule has 1 atom stereocenters. The summed E-state index contributed by atoms with van der Waals surface area (Å²) in [7, 11) is 4.72. The van der Waals surface area contributed by atoms with Gasteiger partial charge in [0, 0.05) is 12.6 Å². The molecule has 0 fully saturated rings. The van der Waals surface area contributed by atoms with Crippen molar-refractivity contribution in [1.82, 2.24) is 19.6 Å². The Kier molecular flexibility index (Phi) is 4.84. The van der Waals surface area contributed by atoms with Crippen LogP contribution in [0.15, 0.2) is 23.5 Å². The normalized spacial score (nSPS) is 16.1. The van der Waals surface area contributed by atoms with Gasteiger partial charge in [-0.05, 0) is 36.3 Å². The van der Waals surface area contributed by atoms with Crippen LogP contribution in [0.5, 0.6) is 17.2 Å². The van der Waals surface area contributed by atoms with E-state index >= 15 is 0 Å². The number of hydrogen-bond donors (Lipinski definition) is 0. The SMILES string of the molecule is COc1cc([C@@H]2CC(=O)c3cn4nc(SC)nc4nc3C2)cc(OC)c1OC. The molecule has 0 unspecified atom stereocenters. The van der Waals surface area contributed by atoms with Crippen LogP contribution in [0.1, 0.15) is 34.0 Å². The van der Waals surface area contributed by atoms with Crippen LogP contribution < -0.4 is 14.2 Å². The van der Waals surface area contributed by atoms with Gasteiger partial charge in [0.1, 0.15) is 0 Å². The maximum Gasteiger partial charge on any atom is 0.253 e. The van der Waals surface area contributed by atoms with E-state index in [1.54, 1.807) is 32.0 Å². The van der Waals surface area contributed by atoms with Gasteiger partial charge in [-0.1, -0.05) is 11.8 Å². The van der Waals surface area contributed by atoms with Gasteiger partial charge in [0.05, 0.1) is 32.6 Å². The number of hydrogen-bond acceptors (Lipinski definition) is 8. The number of carbonyl (C=O) groups is 1. The molecule has 0 spiro atoms. The molecule has 0 saturated carbocycles. The quantitative estimate of drug-likeness (QED) is 0.604. The summed E-state index contributed by atoms with van der Waals surface area (Å²) in [5.74, 6) is 2.17. The fourth-order valence-corrected chi connectivity index (χ4v) is 3.87. The van der Waals surface area contributed by atoms with E-state index in [0.717, 1.165) is 11.3 Å². The number of nitrogens with zero attached hydrogens (tertiary/aromatic N) is 4. The van der Waals surface area contributed by atoms with Gasteiger partial charge in [-0.2, -0.15) is 4.98 Å². The van der Waals surface area contributed by atoms with E-state index in [1.807, 2.05) is 18.4 Å². The van der Waals surface area contributed by atoms with Crippen LogP contribution in [0.4, 0.5) is 0 Å². The fourth-order valence-electron chi connectivity index (χ4n) is 3.52. The number of fused-ring (bicyclic) bond motifs is 2. The second-order valence-electron chi connectivity index (χ2n) is 6.43. The molecule has 0 bridgehead atoms. The van der Waals surface area contributed by atoms with Crippen molar-refractivity contribution in [1.29, 1.82) is 0 Å². The summed E-state index contributed by atoms with van der Waals surface area (Å²) in [5, 5.41) is 4.95. The number of benzene rings is 1. The molecule has 8 nitrogen and oxygen atoms in total. The monoisotopic (exact) mass is 400 g/mol. The molecular formula is C19H20N4O4S. The second-order valence-corrected chi connectivity index (χ2v) is 7.20. The Bertz CT molecular complexity index is 1040. The van der Waals surface area contributed by atoms with Crippen LogP contribution in [-0.2, 0) is 6.42 Å². The first kappa shape index (κ1) is 18.5. The molecule has 0 aliphatic heterocycles. The fraction of sp³-hybridized carbons (Fsp3) is 0.368. The molecular weight excluding hydrogens is 380 g/mol. The summed E-state index contributed by atoms with van der Waals surface area (Å²) >= 11 is 1.44. The molecule has 28 heavy (non-hydrogen) atoms. The van der Waals surface area contributed by atoms with E-state index in [4.69, 9.17) is 14.2 Å². The highest BCUT2D eigenvalue weighted by Gasteiger charge is 2.30. The van der Waals surface area contributed by atoms with E-state index in [9.17, 15) is 4.79 Å². The van der Waals surface area contributed by atoms with Gasteiger partial charge in [-0.3, -0.25) is 4.79 Å². The molecule has 9 heteroatoms. The van der Waals surface area contributed by atoms with E-state index in [1.165, 1.54) is 11.8 Å². The third-order valence-corrected chi connectivity index (χ3v) is 5.44. The van der Waals surface area contributed by atoms with Crippen molar-refractivity contribution in [2.24, 2.45) is 0 Å². The van der Waals surface area contributed by atoms with Crippen molar-refractivity contribution in [3.8, 4) is 17.2 Å². The number of ketones is 1. The highest BCUT2D eigenvalue weighted by atomic mass is 32.2. The lowest BCUT2D eigenvalue weighted by atomic mass is 9.82. The zero-order valence-electron chi connectivity index (χ0n) is 16.1. The van der Waals surface area contributed by atoms with Gasteiger partial charge in [-0.15, -0.1) is 5.10 Å². The minimum absolute atomic E-state index is 0.0356. The predicted octanol–water partition coefficient (Wildman–Crippen LogP) is 2.78. The zero-order valence-corrected chi connectivity index (χ0v) is 16.9. The third kappa shape index (κ3) is 3.05.